The Morgan fingerprint density at radius 3 is 2.73 bits per heavy atom. The van der Waals surface area contributed by atoms with Crippen LogP contribution in [0, 0.1) is 12.8 Å². The Morgan fingerprint density at radius 2 is 2.03 bits per heavy atom. The van der Waals surface area contributed by atoms with Crippen LogP contribution in [0.15, 0.2) is 42.3 Å². The summed E-state index contributed by atoms with van der Waals surface area (Å²) in [5.41, 5.74) is 3.40. The molecule has 156 valence electrons. The van der Waals surface area contributed by atoms with E-state index in [0.29, 0.717) is 18.0 Å². The lowest BCUT2D eigenvalue weighted by Gasteiger charge is -2.16. The van der Waals surface area contributed by atoms with Crippen LogP contribution >= 0.6 is 0 Å². The lowest BCUT2D eigenvalue weighted by molar-refractivity contribution is -0.137. The van der Waals surface area contributed by atoms with Gasteiger partial charge in [-0.2, -0.15) is 13.2 Å². The molecule has 1 aliphatic heterocycles. The average molecular weight is 417 g/mol. The van der Waals surface area contributed by atoms with Gasteiger partial charge < -0.3 is 0 Å². The molecule has 2 heterocycles. The minimum absolute atomic E-state index is 0.0993. The molecule has 0 spiro atoms. The molecule has 0 radical (unpaired) electrons. The number of hydrazine groups is 1. The fourth-order valence-corrected chi connectivity index (χ4v) is 3.21. The summed E-state index contributed by atoms with van der Waals surface area (Å²) in [6.45, 7) is 1.94. The Hall–Kier alpha value is -3.43. The van der Waals surface area contributed by atoms with Crippen molar-refractivity contribution in [2.24, 2.45) is 5.92 Å². The lowest BCUT2D eigenvalue weighted by Crippen LogP contribution is -2.42. The monoisotopic (exact) mass is 417 g/mol. The molecule has 1 aliphatic carbocycles. The van der Waals surface area contributed by atoms with Crippen molar-refractivity contribution < 1.29 is 22.8 Å². The number of alkyl halides is 3. The smallest absolute Gasteiger partial charge is 0.268 e. The predicted octanol–water partition coefficient (Wildman–Crippen LogP) is 2.95. The summed E-state index contributed by atoms with van der Waals surface area (Å²) in [5.74, 6) is -0.246. The molecule has 7 nitrogen and oxygen atoms in total. The van der Waals surface area contributed by atoms with Gasteiger partial charge in [0.1, 0.15) is 6.33 Å². The van der Waals surface area contributed by atoms with Crippen molar-refractivity contribution in [1.29, 1.82) is 0 Å². The maximum absolute atomic E-state index is 13.0. The molecule has 0 saturated heterocycles. The van der Waals surface area contributed by atoms with Gasteiger partial charge in [0.15, 0.2) is 5.82 Å². The minimum atomic E-state index is -4.47. The first-order valence-electron chi connectivity index (χ1n) is 9.30. The Morgan fingerprint density at radius 1 is 1.27 bits per heavy atom. The topological polar surface area (TPSA) is 80.1 Å². The van der Waals surface area contributed by atoms with Gasteiger partial charge in [0, 0.05) is 23.9 Å². The molecule has 2 aromatic rings. The summed E-state index contributed by atoms with van der Waals surface area (Å²) in [6.07, 6.45) is 2.98. The van der Waals surface area contributed by atoms with E-state index in [9.17, 15) is 22.8 Å². The van der Waals surface area contributed by atoms with Crippen molar-refractivity contribution >= 4 is 18.0 Å². The van der Waals surface area contributed by atoms with Crippen LogP contribution in [-0.4, -0.2) is 38.1 Å². The molecule has 1 saturated carbocycles. The van der Waals surface area contributed by atoms with E-state index in [-0.39, 0.29) is 17.3 Å². The number of aryl methyl sites for hydroxylation is 1. The second-order valence-corrected chi connectivity index (χ2v) is 7.34. The first-order chi connectivity index (χ1) is 14.2. The molecule has 1 N–H and O–H groups in total. The van der Waals surface area contributed by atoms with Crippen molar-refractivity contribution in [1.82, 2.24) is 25.2 Å². The van der Waals surface area contributed by atoms with Gasteiger partial charge >= 0.3 is 6.18 Å². The number of halogens is 3. The van der Waals surface area contributed by atoms with Crippen LogP contribution in [0.25, 0.3) is 17.6 Å². The van der Waals surface area contributed by atoms with E-state index in [2.05, 4.69) is 15.5 Å². The highest BCUT2D eigenvalue weighted by molar-refractivity contribution is 5.96. The Labute approximate surface area is 169 Å². The molecular formula is C20H18F3N5O2. The fourth-order valence-electron chi connectivity index (χ4n) is 3.21. The second-order valence-electron chi connectivity index (χ2n) is 7.34. The summed E-state index contributed by atoms with van der Waals surface area (Å²) < 4.78 is 40.2. The molecule has 0 unspecified atom stereocenters. The Bertz CT molecular complexity index is 1070. The van der Waals surface area contributed by atoms with E-state index in [4.69, 9.17) is 0 Å². The van der Waals surface area contributed by atoms with Crippen LogP contribution in [0.4, 0.5) is 13.2 Å². The number of carbonyl (C=O) groups is 2. The lowest BCUT2D eigenvalue weighted by atomic mass is 10.1. The van der Waals surface area contributed by atoms with E-state index in [1.807, 2.05) is 0 Å². The van der Waals surface area contributed by atoms with E-state index < -0.39 is 17.6 Å². The number of amides is 2. The minimum Gasteiger partial charge on any atom is -0.268 e. The van der Waals surface area contributed by atoms with Crippen molar-refractivity contribution in [3.63, 3.8) is 0 Å². The molecule has 10 heteroatoms. The van der Waals surface area contributed by atoms with Crippen molar-refractivity contribution in [3.8, 4) is 11.4 Å². The van der Waals surface area contributed by atoms with Crippen LogP contribution in [0.3, 0.4) is 0 Å². The van der Waals surface area contributed by atoms with Crippen LogP contribution in [-0.2, 0) is 15.8 Å². The van der Waals surface area contributed by atoms with Crippen LogP contribution < -0.4 is 5.43 Å². The maximum Gasteiger partial charge on any atom is 0.416 e. The number of aromatic nitrogens is 3. The number of rotatable bonds is 5. The third-order valence-corrected chi connectivity index (χ3v) is 4.81. The van der Waals surface area contributed by atoms with Gasteiger partial charge in [0.05, 0.1) is 12.1 Å². The molecule has 0 bridgehead atoms. The van der Waals surface area contributed by atoms with Gasteiger partial charge in [-0.15, -0.1) is 5.10 Å². The number of nitrogens with one attached hydrogen (secondary N) is 1. The predicted molar refractivity (Wildman–Crippen MR) is 101 cm³/mol. The number of hydrogen-bond donors (Lipinski definition) is 1. The molecule has 1 aromatic carbocycles. The van der Waals surface area contributed by atoms with Gasteiger partial charge in [0.25, 0.3) is 11.8 Å². The number of carbonyl (C=O) groups excluding carboxylic acids is 2. The van der Waals surface area contributed by atoms with E-state index >= 15 is 0 Å². The second kappa shape index (κ2) is 7.43. The quantitative estimate of drug-likeness (QED) is 0.759. The molecule has 1 aromatic heterocycles. The average Bonchev–Trinajstić information content (AvgIpc) is 3.30. The summed E-state index contributed by atoms with van der Waals surface area (Å²) in [5, 5.41) is 5.34. The molecule has 2 amide bonds. The van der Waals surface area contributed by atoms with Gasteiger partial charge in [0.2, 0.25) is 0 Å². The highest BCUT2D eigenvalue weighted by Gasteiger charge is 2.33. The molecule has 2 aliphatic rings. The molecular weight excluding hydrogens is 399 g/mol. The van der Waals surface area contributed by atoms with Crippen molar-refractivity contribution in [2.45, 2.75) is 25.9 Å². The summed E-state index contributed by atoms with van der Waals surface area (Å²) in [7, 11) is 0. The number of benzene rings is 1. The van der Waals surface area contributed by atoms with Crippen LogP contribution in [0.5, 0.6) is 0 Å². The Balaban J connectivity index is 1.41. The van der Waals surface area contributed by atoms with Crippen LogP contribution in [0.1, 0.15) is 24.0 Å². The highest BCUT2D eigenvalue weighted by Crippen LogP contribution is 2.38. The number of nitrogens with zero attached hydrogens (tertiary/aromatic N) is 4. The van der Waals surface area contributed by atoms with Gasteiger partial charge in [-0.1, -0.05) is 0 Å². The van der Waals surface area contributed by atoms with Crippen molar-refractivity contribution in [2.75, 3.05) is 6.54 Å². The molecule has 4 rings (SSSR count). The number of hydrogen-bond acceptors (Lipinski definition) is 4. The summed E-state index contributed by atoms with van der Waals surface area (Å²) >= 11 is 0. The Kier molecular flexibility index (Phi) is 4.92. The zero-order valence-corrected chi connectivity index (χ0v) is 16.0. The highest BCUT2D eigenvalue weighted by atomic mass is 19.4. The maximum atomic E-state index is 13.0. The molecule has 1 fully saturated rings. The van der Waals surface area contributed by atoms with E-state index in [1.54, 1.807) is 19.1 Å². The van der Waals surface area contributed by atoms with E-state index in [1.165, 1.54) is 22.2 Å². The van der Waals surface area contributed by atoms with Gasteiger partial charge in [-0.05, 0) is 55.0 Å². The van der Waals surface area contributed by atoms with Gasteiger partial charge in [-0.3, -0.25) is 15.0 Å². The van der Waals surface area contributed by atoms with Crippen molar-refractivity contribution in [3.05, 3.63) is 53.4 Å². The molecule has 0 atom stereocenters. The third-order valence-electron chi connectivity index (χ3n) is 4.81. The van der Waals surface area contributed by atoms with Crippen LogP contribution in [0.2, 0.25) is 0 Å². The summed E-state index contributed by atoms with van der Waals surface area (Å²) in [6, 6.07) is 3.58. The molecule has 30 heavy (non-hydrogen) atoms. The first-order valence-corrected chi connectivity index (χ1v) is 9.30. The SMILES string of the molecule is Cc1cc(-c2ncn(/C=C\C(=O)NN3CC(C4CC4)=CC3=O)n2)cc(C(F)(F)F)c1. The zero-order chi connectivity index (χ0) is 21.5. The first kappa shape index (κ1) is 19.9. The standard InChI is InChI=1S/C20H18F3N5O2/c1-12-6-14(8-16(7-12)20(21,22)23)19-24-11-27(26-19)5-4-17(29)25-28-10-15(9-18(28)30)13-2-3-13/h4-9,11,13H,2-3,10H2,1H3,(H,25,29)/b5-4-. The summed E-state index contributed by atoms with van der Waals surface area (Å²) in [4.78, 5) is 28.0. The third kappa shape index (κ3) is 4.42. The fraction of sp³-hybridized carbons (Fsp3) is 0.300. The van der Waals surface area contributed by atoms with E-state index in [0.717, 1.165) is 36.6 Å². The largest absolute Gasteiger partial charge is 0.416 e. The normalized spacial score (nSPS) is 17.0. The zero-order valence-electron chi connectivity index (χ0n) is 16.0. The van der Waals surface area contributed by atoms with Gasteiger partial charge in [-0.25, -0.2) is 14.7 Å².